The van der Waals surface area contributed by atoms with E-state index in [9.17, 15) is 5.11 Å². The smallest absolute Gasteiger partial charge is 0.243 e. The van der Waals surface area contributed by atoms with Crippen molar-refractivity contribution in [1.29, 1.82) is 0 Å². The van der Waals surface area contributed by atoms with Gasteiger partial charge in [-0.3, -0.25) is 0 Å². The van der Waals surface area contributed by atoms with E-state index < -0.39 is 5.60 Å². The Morgan fingerprint density at radius 2 is 2.41 bits per heavy atom. The number of hydrogen-bond acceptors (Lipinski definition) is 6. The zero-order valence-electron chi connectivity index (χ0n) is 10.4. The Morgan fingerprint density at radius 1 is 1.65 bits per heavy atom. The number of aliphatic hydroxyl groups is 1. The molecule has 1 aromatic rings. The van der Waals surface area contributed by atoms with Gasteiger partial charge in [-0.2, -0.15) is 4.98 Å². The minimum Gasteiger partial charge on any atom is -0.392 e. The van der Waals surface area contributed by atoms with Gasteiger partial charge in [0, 0.05) is 13.7 Å². The van der Waals surface area contributed by atoms with Crippen molar-refractivity contribution in [3.63, 3.8) is 0 Å². The predicted molar refractivity (Wildman–Crippen MR) is 60.3 cm³/mol. The topological polar surface area (TPSA) is 80.4 Å². The molecule has 1 aliphatic rings. The average molecular weight is 241 g/mol. The molecule has 6 nitrogen and oxygen atoms in total. The van der Waals surface area contributed by atoms with Crippen LogP contribution in [0.1, 0.15) is 44.4 Å². The summed E-state index contributed by atoms with van der Waals surface area (Å²) in [6.07, 6.45) is 1.04. The molecular weight excluding hydrogens is 222 g/mol. The van der Waals surface area contributed by atoms with E-state index in [1.807, 2.05) is 13.8 Å². The highest BCUT2D eigenvalue weighted by Gasteiger charge is 2.33. The van der Waals surface area contributed by atoms with Crippen LogP contribution in [0.3, 0.4) is 0 Å². The molecule has 17 heavy (non-hydrogen) atoms. The van der Waals surface area contributed by atoms with Gasteiger partial charge in [-0.1, -0.05) is 12.1 Å². The number of β-amino-alcohol motifs (C(OH)–C–C–N with tert-alkyl or cyclic N) is 1. The monoisotopic (exact) mass is 241 g/mol. The van der Waals surface area contributed by atoms with Crippen LogP contribution in [0.5, 0.6) is 0 Å². The van der Waals surface area contributed by atoms with Crippen LogP contribution in [0.15, 0.2) is 4.52 Å². The summed E-state index contributed by atoms with van der Waals surface area (Å²) in [4.78, 5) is 4.36. The molecule has 3 atom stereocenters. The van der Waals surface area contributed by atoms with E-state index in [0.717, 1.165) is 6.42 Å². The van der Waals surface area contributed by atoms with Gasteiger partial charge in [0.05, 0.1) is 12.1 Å². The van der Waals surface area contributed by atoms with Crippen molar-refractivity contribution in [2.75, 3.05) is 13.7 Å². The number of rotatable bonds is 4. The molecule has 0 saturated carbocycles. The van der Waals surface area contributed by atoms with Crippen LogP contribution in [0, 0.1) is 0 Å². The first-order valence-electron chi connectivity index (χ1n) is 5.89. The minimum absolute atomic E-state index is 0.0517. The number of ether oxygens (including phenoxy) is 1. The Labute approximate surface area is 100 Å². The van der Waals surface area contributed by atoms with Crippen molar-refractivity contribution >= 4 is 0 Å². The second-order valence-electron chi connectivity index (χ2n) is 4.60. The van der Waals surface area contributed by atoms with Gasteiger partial charge in [-0.25, -0.2) is 0 Å². The van der Waals surface area contributed by atoms with E-state index in [4.69, 9.17) is 9.26 Å². The van der Waals surface area contributed by atoms with Crippen LogP contribution >= 0.6 is 0 Å². The molecule has 0 spiro atoms. The largest absolute Gasteiger partial charge is 0.392 e. The van der Waals surface area contributed by atoms with Crippen LogP contribution in [0.2, 0.25) is 0 Å². The molecule has 6 heteroatoms. The van der Waals surface area contributed by atoms with E-state index in [-0.39, 0.29) is 12.1 Å². The molecule has 1 aliphatic heterocycles. The van der Waals surface area contributed by atoms with Crippen LogP contribution in [-0.2, 0) is 10.3 Å². The predicted octanol–water partition coefficient (Wildman–Crippen LogP) is 0.736. The normalized spacial score (nSPS) is 28.2. The second-order valence-corrected chi connectivity index (χ2v) is 4.60. The summed E-state index contributed by atoms with van der Waals surface area (Å²) in [7, 11) is 1.64. The third-order valence-corrected chi connectivity index (χ3v) is 3.45. The van der Waals surface area contributed by atoms with Gasteiger partial charge < -0.3 is 19.7 Å². The Balaban J connectivity index is 2.15. The van der Waals surface area contributed by atoms with Crippen LogP contribution in [0.25, 0.3) is 0 Å². The molecule has 1 aromatic heterocycles. The Morgan fingerprint density at radius 3 is 2.94 bits per heavy atom. The second kappa shape index (κ2) is 4.72. The lowest BCUT2D eigenvalue weighted by molar-refractivity contribution is -0.0106. The summed E-state index contributed by atoms with van der Waals surface area (Å²) in [5, 5.41) is 16.5. The molecular formula is C11H19N3O3. The molecule has 0 amide bonds. The maximum atomic E-state index is 9.44. The van der Waals surface area contributed by atoms with E-state index in [1.54, 1.807) is 7.11 Å². The lowest BCUT2D eigenvalue weighted by atomic mass is 10.0. The van der Waals surface area contributed by atoms with Gasteiger partial charge in [0.25, 0.3) is 0 Å². The zero-order chi connectivity index (χ0) is 12.5. The Kier molecular flexibility index (Phi) is 3.46. The van der Waals surface area contributed by atoms with Crippen molar-refractivity contribution in [3.05, 3.63) is 11.7 Å². The summed E-state index contributed by atoms with van der Waals surface area (Å²) in [5.74, 6) is 1.08. The number of nitrogens with one attached hydrogen (secondary N) is 1. The molecule has 96 valence electrons. The van der Waals surface area contributed by atoms with Crippen molar-refractivity contribution < 1.29 is 14.4 Å². The standard InChI is InChI=1S/C11H19N3O3/c1-4-11(2,16-3)10-13-9(17-14-10)8-5-7(15)6-12-8/h7-8,12,15H,4-6H2,1-3H3. The molecule has 2 rings (SSSR count). The highest BCUT2D eigenvalue weighted by molar-refractivity contribution is 5.03. The zero-order valence-corrected chi connectivity index (χ0v) is 10.4. The van der Waals surface area contributed by atoms with Crippen LogP contribution < -0.4 is 5.32 Å². The fourth-order valence-corrected chi connectivity index (χ4v) is 1.89. The molecule has 3 unspecified atom stereocenters. The van der Waals surface area contributed by atoms with Gasteiger partial charge in [-0.05, 0) is 19.8 Å². The molecule has 0 aliphatic carbocycles. The highest BCUT2D eigenvalue weighted by atomic mass is 16.5. The number of methoxy groups -OCH3 is 1. The van der Waals surface area contributed by atoms with E-state index in [1.165, 1.54) is 0 Å². The van der Waals surface area contributed by atoms with Crippen molar-refractivity contribution in [1.82, 2.24) is 15.5 Å². The summed E-state index contributed by atoms with van der Waals surface area (Å²) in [6.45, 7) is 4.51. The van der Waals surface area contributed by atoms with Crippen LogP contribution in [-0.4, -0.2) is 35.0 Å². The fourth-order valence-electron chi connectivity index (χ4n) is 1.89. The third kappa shape index (κ3) is 2.34. The number of hydrogen-bond donors (Lipinski definition) is 2. The first-order chi connectivity index (χ1) is 8.09. The SMILES string of the molecule is CCC(C)(OC)c1noc(C2CC(O)CN2)n1. The summed E-state index contributed by atoms with van der Waals surface area (Å²) >= 11 is 0. The summed E-state index contributed by atoms with van der Waals surface area (Å²) in [6, 6.07) is -0.0517. The van der Waals surface area contributed by atoms with Gasteiger partial charge in [-0.15, -0.1) is 0 Å². The molecule has 0 radical (unpaired) electrons. The van der Waals surface area contributed by atoms with Gasteiger partial charge in [0.1, 0.15) is 5.60 Å². The van der Waals surface area contributed by atoms with Gasteiger partial charge in [0.15, 0.2) is 0 Å². The molecule has 0 bridgehead atoms. The number of aromatic nitrogens is 2. The first-order valence-corrected chi connectivity index (χ1v) is 5.89. The maximum Gasteiger partial charge on any atom is 0.243 e. The maximum absolute atomic E-state index is 9.44. The van der Waals surface area contributed by atoms with Crippen LogP contribution in [0.4, 0.5) is 0 Å². The summed E-state index contributed by atoms with van der Waals surface area (Å²) in [5.41, 5.74) is -0.515. The molecule has 1 saturated heterocycles. The Bertz CT molecular complexity index is 376. The molecule has 0 aromatic carbocycles. The number of nitrogens with zero attached hydrogens (tertiary/aromatic N) is 2. The summed E-state index contributed by atoms with van der Waals surface area (Å²) < 4.78 is 10.6. The third-order valence-electron chi connectivity index (χ3n) is 3.45. The average Bonchev–Trinajstić information content (AvgIpc) is 2.96. The minimum atomic E-state index is -0.515. The van der Waals surface area contributed by atoms with Gasteiger partial charge in [0.2, 0.25) is 11.7 Å². The van der Waals surface area contributed by atoms with E-state index >= 15 is 0 Å². The highest BCUT2D eigenvalue weighted by Crippen LogP contribution is 2.28. The van der Waals surface area contributed by atoms with Crippen molar-refractivity contribution in [2.24, 2.45) is 0 Å². The van der Waals surface area contributed by atoms with Gasteiger partial charge >= 0.3 is 0 Å². The lowest BCUT2D eigenvalue weighted by Gasteiger charge is -2.21. The first kappa shape index (κ1) is 12.5. The molecule has 2 N–H and O–H groups in total. The molecule has 1 fully saturated rings. The number of aliphatic hydroxyl groups excluding tert-OH is 1. The van der Waals surface area contributed by atoms with E-state index in [0.29, 0.717) is 24.7 Å². The molecule has 2 heterocycles. The van der Waals surface area contributed by atoms with Crippen molar-refractivity contribution in [3.8, 4) is 0 Å². The lowest BCUT2D eigenvalue weighted by Crippen LogP contribution is -2.25. The quantitative estimate of drug-likeness (QED) is 0.809. The fraction of sp³-hybridized carbons (Fsp3) is 0.818. The Hall–Kier alpha value is -0.980. The van der Waals surface area contributed by atoms with E-state index in [2.05, 4.69) is 15.5 Å². The van der Waals surface area contributed by atoms with Crippen molar-refractivity contribution in [2.45, 2.75) is 44.4 Å².